The molecule has 0 amide bonds. The molecule has 0 aliphatic carbocycles. The van der Waals surface area contributed by atoms with Crippen LogP contribution in [-0.4, -0.2) is 30.7 Å². The van der Waals surface area contributed by atoms with E-state index < -0.39 is 23.5 Å². The van der Waals surface area contributed by atoms with E-state index in [0.29, 0.717) is 40.1 Å². The molecule has 258 valence electrons. The zero-order valence-electron chi connectivity index (χ0n) is 27.4. The van der Waals surface area contributed by atoms with Gasteiger partial charge in [0.25, 0.3) is 0 Å². The third-order valence-corrected chi connectivity index (χ3v) is 8.60. The van der Waals surface area contributed by atoms with Gasteiger partial charge in [-0.05, 0) is 55.0 Å². The van der Waals surface area contributed by atoms with Gasteiger partial charge in [-0.25, -0.2) is 15.0 Å². The number of halogens is 6. The second-order valence-corrected chi connectivity index (χ2v) is 11.9. The number of alkyl halides is 6. The predicted octanol–water partition coefficient (Wildman–Crippen LogP) is 11.3. The van der Waals surface area contributed by atoms with Crippen molar-refractivity contribution in [1.29, 1.82) is 0 Å². The molecule has 52 heavy (non-hydrogen) atoms. The Bertz CT molecular complexity index is 2390. The molecule has 0 aliphatic heterocycles. The lowest BCUT2D eigenvalue weighted by Crippen LogP contribution is -2.09. The lowest BCUT2D eigenvalue weighted by Gasteiger charge is -2.17. The number of hydrogen-bond acceptors (Lipinski definition) is 4. The maximum atomic E-state index is 14.0. The first-order chi connectivity index (χ1) is 24.9. The van der Waals surface area contributed by atoms with E-state index in [-0.39, 0.29) is 28.0 Å². The number of hydrogen-bond donors (Lipinski definition) is 0. The van der Waals surface area contributed by atoms with Crippen LogP contribution in [0.3, 0.4) is 0 Å². The van der Waals surface area contributed by atoms with E-state index in [4.69, 9.17) is 15.0 Å². The Hall–Kier alpha value is -6.36. The van der Waals surface area contributed by atoms with Gasteiger partial charge in [-0.15, -0.1) is 0 Å². The van der Waals surface area contributed by atoms with E-state index >= 15 is 0 Å². The molecule has 3 aromatic heterocycles. The number of rotatable bonds is 7. The summed E-state index contributed by atoms with van der Waals surface area (Å²) in [5, 5.41) is -0.0243. The van der Waals surface area contributed by atoms with Crippen LogP contribution < -0.4 is 0 Å². The first kappa shape index (κ1) is 34.1. The molecule has 7 rings (SSSR count). The van der Waals surface area contributed by atoms with Gasteiger partial charge in [0.05, 0.1) is 22.3 Å². The Morgan fingerprint density at radius 1 is 0.673 bits per heavy atom. The Labute approximate surface area is 294 Å². The van der Waals surface area contributed by atoms with Crippen LogP contribution >= 0.6 is 0 Å². The smallest absolute Gasteiger partial charge is 0.313 e. The van der Waals surface area contributed by atoms with Crippen LogP contribution in [0.2, 0.25) is 0 Å². The highest BCUT2D eigenvalue weighted by molar-refractivity contribution is 5.95. The second-order valence-electron chi connectivity index (χ2n) is 11.9. The van der Waals surface area contributed by atoms with Gasteiger partial charge in [0.1, 0.15) is 0 Å². The third-order valence-electron chi connectivity index (χ3n) is 8.60. The predicted molar refractivity (Wildman–Crippen MR) is 190 cm³/mol. The molecule has 11 heteroatoms. The van der Waals surface area contributed by atoms with Gasteiger partial charge < -0.3 is 4.57 Å². The zero-order chi connectivity index (χ0) is 36.6. The van der Waals surface area contributed by atoms with Crippen LogP contribution in [-0.2, 0) is 6.18 Å². The van der Waals surface area contributed by atoms with Crippen molar-refractivity contribution in [2.24, 2.45) is 0 Å². The maximum absolute atomic E-state index is 14.0. The molecule has 5 nitrogen and oxygen atoms in total. The molecule has 4 aromatic carbocycles. The number of nitrogens with zero attached hydrogens (tertiary/aromatic N) is 5. The highest BCUT2D eigenvalue weighted by atomic mass is 19.4. The quantitative estimate of drug-likeness (QED) is 0.122. The first-order valence-electron chi connectivity index (χ1n) is 16.0. The number of fused-ring (bicyclic) bond motifs is 1. The summed E-state index contributed by atoms with van der Waals surface area (Å²) in [6, 6.07) is 30.7. The minimum Gasteiger partial charge on any atom is -0.313 e. The van der Waals surface area contributed by atoms with Crippen LogP contribution in [0.15, 0.2) is 140 Å². The van der Waals surface area contributed by atoms with Crippen molar-refractivity contribution in [2.45, 2.75) is 19.3 Å². The van der Waals surface area contributed by atoms with Crippen molar-refractivity contribution in [1.82, 2.24) is 24.5 Å². The average Bonchev–Trinajstić information content (AvgIpc) is 3.43. The molecule has 0 radical (unpaired) electrons. The van der Waals surface area contributed by atoms with E-state index in [9.17, 15) is 26.3 Å². The number of aromatic nitrogens is 5. The topological polar surface area (TPSA) is 56.5 Å². The molecule has 0 bridgehead atoms. The Morgan fingerprint density at radius 3 is 1.85 bits per heavy atom. The van der Waals surface area contributed by atoms with Crippen LogP contribution in [0, 0.1) is 6.92 Å². The van der Waals surface area contributed by atoms with E-state index in [1.54, 1.807) is 36.0 Å². The van der Waals surface area contributed by atoms with Gasteiger partial charge in [0.15, 0.2) is 17.5 Å². The summed E-state index contributed by atoms with van der Waals surface area (Å²) >= 11 is 0. The Balaban J connectivity index is 1.57. The summed E-state index contributed by atoms with van der Waals surface area (Å²) in [6.45, 7) is 4.87. The largest absolute Gasteiger partial charge is 0.416 e. The van der Waals surface area contributed by atoms with Gasteiger partial charge in [-0.1, -0.05) is 85.5 Å². The normalized spacial score (nSPS) is 12.3. The number of benzene rings is 4. The molecule has 0 spiro atoms. The van der Waals surface area contributed by atoms with Crippen LogP contribution in [0.5, 0.6) is 0 Å². The molecular formula is C41H27F6N5. The molecule has 0 unspecified atom stereocenters. The molecule has 7 aromatic rings. The Morgan fingerprint density at radius 2 is 1.29 bits per heavy atom. The van der Waals surface area contributed by atoms with E-state index in [0.717, 1.165) is 29.3 Å². The molecule has 0 saturated carbocycles. The molecule has 3 heterocycles. The molecule has 0 aliphatic rings. The highest BCUT2D eigenvalue weighted by Gasteiger charge is 2.34. The summed E-state index contributed by atoms with van der Waals surface area (Å²) in [5.74, 6) is 0.979. The summed E-state index contributed by atoms with van der Waals surface area (Å²) in [6.07, 6.45) is -4.74. The highest BCUT2D eigenvalue weighted by Crippen LogP contribution is 2.41. The fourth-order valence-corrected chi connectivity index (χ4v) is 6.08. The monoisotopic (exact) mass is 703 g/mol. The maximum Gasteiger partial charge on any atom is 0.416 e. The summed E-state index contributed by atoms with van der Waals surface area (Å²) in [5.41, 5.74) is 2.17. The van der Waals surface area contributed by atoms with Crippen molar-refractivity contribution in [2.75, 3.05) is 0 Å². The van der Waals surface area contributed by atoms with E-state index in [2.05, 4.69) is 11.6 Å². The fourth-order valence-electron chi connectivity index (χ4n) is 6.08. The minimum atomic E-state index is -4.80. The van der Waals surface area contributed by atoms with Crippen molar-refractivity contribution < 1.29 is 26.3 Å². The number of pyridine rings is 1. The Kier molecular flexibility index (Phi) is 8.79. The lowest BCUT2D eigenvalue weighted by molar-refractivity contribution is -0.137. The van der Waals surface area contributed by atoms with Crippen molar-refractivity contribution in [3.8, 4) is 51.0 Å². The molecule has 0 saturated heterocycles. The molecule has 0 N–H and O–H groups in total. The zero-order valence-corrected chi connectivity index (χ0v) is 27.4. The fraction of sp³-hybridized carbons (Fsp3) is 0.0732. The van der Waals surface area contributed by atoms with Crippen LogP contribution in [0.25, 0.3) is 68.0 Å². The minimum absolute atomic E-state index is 0.0243. The molecular weight excluding hydrogens is 676 g/mol. The summed E-state index contributed by atoms with van der Waals surface area (Å²) < 4.78 is 85.7. The standard InChI is InChI=1S/C41H27F6N5/c1-3-30(40(42,43)44)22-32-25(2)52(35-19-17-31(23-33(32)35)41(45,46)47)36-18-16-28(29-15-10-20-48-24-29)21-34(36)39-50-37(26-11-6-4-7-12-26)49-38(51-39)27-13-8-5-9-14-27/h3-24H,1H2,2H3/b30-22+. The van der Waals surface area contributed by atoms with Gasteiger partial charge in [-0.3, -0.25) is 4.98 Å². The summed E-state index contributed by atoms with van der Waals surface area (Å²) in [4.78, 5) is 18.8. The van der Waals surface area contributed by atoms with Gasteiger partial charge in [-0.2, -0.15) is 26.3 Å². The van der Waals surface area contributed by atoms with E-state index in [1.807, 2.05) is 78.9 Å². The van der Waals surface area contributed by atoms with Crippen molar-refractivity contribution in [3.63, 3.8) is 0 Å². The third kappa shape index (κ3) is 6.60. The first-order valence-corrected chi connectivity index (χ1v) is 16.0. The average molecular weight is 704 g/mol. The molecule has 0 fully saturated rings. The van der Waals surface area contributed by atoms with Crippen molar-refractivity contribution >= 4 is 17.0 Å². The van der Waals surface area contributed by atoms with Gasteiger partial charge >= 0.3 is 12.4 Å². The van der Waals surface area contributed by atoms with Crippen LogP contribution in [0.1, 0.15) is 16.8 Å². The summed E-state index contributed by atoms with van der Waals surface area (Å²) in [7, 11) is 0. The van der Waals surface area contributed by atoms with E-state index in [1.165, 1.54) is 6.07 Å². The second kappa shape index (κ2) is 13.4. The van der Waals surface area contributed by atoms with Crippen LogP contribution in [0.4, 0.5) is 26.3 Å². The SMILES string of the molecule is C=C/C(=C\c1c(C)n(-c2ccc(-c3cccnc3)cc2-c2nc(-c3ccccc3)nc(-c3ccccc3)n2)c2ccc(C(F)(F)F)cc12)C(F)(F)F. The lowest BCUT2D eigenvalue weighted by atomic mass is 10.0. The number of allylic oxidation sites excluding steroid dienone is 2. The molecule has 0 atom stereocenters. The van der Waals surface area contributed by atoms with Crippen molar-refractivity contribution in [3.05, 3.63) is 157 Å². The van der Waals surface area contributed by atoms with Gasteiger partial charge in [0, 0.05) is 51.3 Å². The van der Waals surface area contributed by atoms with Gasteiger partial charge in [0.2, 0.25) is 0 Å².